The summed E-state index contributed by atoms with van der Waals surface area (Å²) in [6, 6.07) is 5.41. The molecule has 0 aliphatic carbocycles. The average molecular weight is 582 g/mol. The summed E-state index contributed by atoms with van der Waals surface area (Å²) in [6.07, 6.45) is 6.42. The summed E-state index contributed by atoms with van der Waals surface area (Å²) >= 11 is 6.89. The molecule has 1 aromatic carbocycles. The van der Waals surface area contributed by atoms with E-state index in [0.717, 1.165) is 70.8 Å². The molecule has 2 fully saturated rings. The third kappa shape index (κ3) is 5.17. The second-order valence-corrected chi connectivity index (χ2v) is 18.3. The van der Waals surface area contributed by atoms with Gasteiger partial charge in [-0.3, -0.25) is 4.68 Å². The second-order valence-electron chi connectivity index (χ2n) is 12.3. The Morgan fingerprint density at radius 1 is 1.20 bits per heavy atom. The topological polar surface area (TPSA) is 121 Å². The van der Waals surface area contributed by atoms with Crippen molar-refractivity contribution in [1.82, 2.24) is 30.0 Å². The van der Waals surface area contributed by atoms with Gasteiger partial charge in [0.15, 0.2) is 11.5 Å². The van der Waals surface area contributed by atoms with Crippen LogP contribution in [0.1, 0.15) is 31.4 Å². The first-order chi connectivity index (χ1) is 19.1. The predicted octanol–water partition coefficient (Wildman–Crippen LogP) is 5.79. The number of nitrogens with one attached hydrogen (secondary N) is 2. The zero-order valence-electron chi connectivity index (χ0n) is 23.4. The quantitative estimate of drug-likeness (QED) is 0.178. The Morgan fingerprint density at radius 2 is 1.95 bits per heavy atom. The fourth-order valence-corrected chi connectivity index (χ4v) is 7.28. The molecule has 4 aromatic rings. The molecule has 3 atom stereocenters. The standard InChI is InChI=1S/C28H36ClN7O3Si/c1-35-14-21-22(34-35)8-7-19(24(21)29)20-13-30-26-25(20)32-23(15-39-9-10-40(2,3)4)27(33-26)36-17-5-6-18(36)12-16(11-17)31-28(37)38/h7-8,13-14,16-18,31H,5-6,9-12,15H2,1-4H3,(H,30,33)(H,37,38)/t16-,17+,18-. The van der Waals surface area contributed by atoms with Crippen molar-refractivity contribution in [3.8, 4) is 11.1 Å². The fourth-order valence-electron chi connectivity index (χ4n) is 6.22. The smallest absolute Gasteiger partial charge is 0.404 e. The van der Waals surface area contributed by atoms with E-state index in [1.54, 1.807) is 4.68 Å². The van der Waals surface area contributed by atoms with Crippen molar-refractivity contribution < 1.29 is 14.6 Å². The fraction of sp³-hybridized carbons (Fsp3) is 0.500. The van der Waals surface area contributed by atoms with Crippen molar-refractivity contribution >= 4 is 53.7 Å². The maximum Gasteiger partial charge on any atom is 0.404 e. The van der Waals surface area contributed by atoms with Crippen LogP contribution in [0.15, 0.2) is 24.5 Å². The third-order valence-corrected chi connectivity index (χ3v) is 10.2. The van der Waals surface area contributed by atoms with E-state index >= 15 is 0 Å². The van der Waals surface area contributed by atoms with Crippen LogP contribution in [0.25, 0.3) is 33.2 Å². The number of rotatable bonds is 8. The number of carbonyl (C=O) groups is 1. The van der Waals surface area contributed by atoms with E-state index < -0.39 is 14.2 Å². The molecule has 2 aliphatic heterocycles. The molecule has 0 saturated carbocycles. The van der Waals surface area contributed by atoms with Gasteiger partial charge in [-0.25, -0.2) is 14.8 Å². The lowest BCUT2D eigenvalue weighted by Gasteiger charge is -2.40. The molecular formula is C28H36ClN7O3Si. The van der Waals surface area contributed by atoms with Crippen molar-refractivity contribution in [3.63, 3.8) is 0 Å². The van der Waals surface area contributed by atoms with E-state index in [9.17, 15) is 9.90 Å². The number of aromatic amines is 1. The molecule has 0 radical (unpaired) electrons. The molecule has 1 amide bonds. The van der Waals surface area contributed by atoms with Crippen molar-refractivity contribution in [1.29, 1.82) is 0 Å². The van der Waals surface area contributed by atoms with Crippen molar-refractivity contribution in [2.75, 3.05) is 11.5 Å². The minimum absolute atomic E-state index is 0.0407. The highest BCUT2D eigenvalue weighted by atomic mass is 35.5. The molecule has 12 heteroatoms. The number of anilines is 1. The molecule has 2 saturated heterocycles. The summed E-state index contributed by atoms with van der Waals surface area (Å²) in [5, 5.41) is 18.0. The van der Waals surface area contributed by atoms with Gasteiger partial charge in [-0.2, -0.15) is 5.10 Å². The lowest BCUT2D eigenvalue weighted by atomic mass is 9.97. The molecule has 0 spiro atoms. The Labute approximate surface area is 239 Å². The first kappa shape index (κ1) is 27.0. The van der Waals surface area contributed by atoms with Gasteiger partial charge in [0, 0.05) is 68.8 Å². The molecule has 212 valence electrons. The lowest BCUT2D eigenvalue weighted by Crippen LogP contribution is -2.51. The minimum Gasteiger partial charge on any atom is -0.465 e. The van der Waals surface area contributed by atoms with Crippen molar-refractivity contribution in [2.45, 2.75) is 76.1 Å². The van der Waals surface area contributed by atoms with E-state index in [-0.39, 0.29) is 18.1 Å². The van der Waals surface area contributed by atoms with Gasteiger partial charge in [-0.1, -0.05) is 37.3 Å². The van der Waals surface area contributed by atoms with Crippen LogP contribution in [0, 0.1) is 0 Å². The molecule has 0 unspecified atom stereocenters. The van der Waals surface area contributed by atoms with Crippen LogP contribution in [0.5, 0.6) is 0 Å². The first-order valence-electron chi connectivity index (χ1n) is 13.9. The number of amides is 1. The van der Waals surface area contributed by atoms with Gasteiger partial charge in [0.2, 0.25) is 0 Å². The van der Waals surface area contributed by atoms with Crippen LogP contribution < -0.4 is 10.2 Å². The summed E-state index contributed by atoms with van der Waals surface area (Å²) in [4.78, 5) is 27.3. The molecule has 6 rings (SSSR count). The molecule has 5 heterocycles. The summed E-state index contributed by atoms with van der Waals surface area (Å²) in [6.45, 7) is 8.09. The Morgan fingerprint density at radius 3 is 2.65 bits per heavy atom. The summed E-state index contributed by atoms with van der Waals surface area (Å²) in [5.41, 5.74) is 4.87. The van der Waals surface area contributed by atoms with Crippen LogP contribution in [0.4, 0.5) is 10.6 Å². The van der Waals surface area contributed by atoms with E-state index in [2.05, 4.69) is 39.9 Å². The lowest BCUT2D eigenvalue weighted by molar-refractivity contribution is 0.130. The summed E-state index contributed by atoms with van der Waals surface area (Å²) < 4.78 is 7.98. The molecular weight excluding hydrogens is 546 g/mol. The van der Waals surface area contributed by atoms with E-state index in [4.69, 9.17) is 26.3 Å². The van der Waals surface area contributed by atoms with E-state index in [1.165, 1.54) is 0 Å². The average Bonchev–Trinajstić information content (AvgIpc) is 3.54. The number of carboxylic acid groups (broad SMARTS) is 1. The first-order valence-corrected chi connectivity index (χ1v) is 18.0. The van der Waals surface area contributed by atoms with Gasteiger partial charge in [0.05, 0.1) is 17.1 Å². The molecule has 10 nitrogen and oxygen atoms in total. The van der Waals surface area contributed by atoms with Crippen LogP contribution in [-0.4, -0.2) is 68.7 Å². The number of benzene rings is 1. The zero-order valence-corrected chi connectivity index (χ0v) is 25.1. The van der Waals surface area contributed by atoms with Crippen molar-refractivity contribution in [2.24, 2.45) is 7.05 Å². The Hall–Kier alpha value is -3.15. The molecule has 40 heavy (non-hydrogen) atoms. The minimum atomic E-state index is -1.24. The van der Waals surface area contributed by atoms with Gasteiger partial charge in [0.1, 0.15) is 11.2 Å². The molecule has 2 bridgehead atoms. The van der Waals surface area contributed by atoms with Crippen LogP contribution >= 0.6 is 11.6 Å². The molecule has 3 aromatic heterocycles. The number of H-pyrrole nitrogens is 1. The number of halogens is 1. The number of fused-ring (bicyclic) bond motifs is 4. The van der Waals surface area contributed by atoms with Gasteiger partial charge in [0.25, 0.3) is 0 Å². The van der Waals surface area contributed by atoms with Crippen LogP contribution in [0.2, 0.25) is 30.7 Å². The van der Waals surface area contributed by atoms with Crippen LogP contribution in [0.3, 0.4) is 0 Å². The highest BCUT2D eigenvalue weighted by Gasteiger charge is 2.43. The number of nitrogens with zero attached hydrogens (tertiary/aromatic N) is 5. The normalized spacial score (nSPS) is 21.0. The monoisotopic (exact) mass is 581 g/mol. The number of ether oxygens (including phenoxy) is 1. The highest BCUT2D eigenvalue weighted by molar-refractivity contribution is 6.76. The van der Waals surface area contributed by atoms with Gasteiger partial charge < -0.3 is 25.0 Å². The zero-order chi connectivity index (χ0) is 28.2. The largest absolute Gasteiger partial charge is 0.465 e. The number of aromatic nitrogens is 5. The Kier molecular flexibility index (Phi) is 7.00. The number of hydrogen-bond donors (Lipinski definition) is 3. The maximum absolute atomic E-state index is 11.3. The van der Waals surface area contributed by atoms with Gasteiger partial charge >= 0.3 is 6.09 Å². The van der Waals surface area contributed by atoms with Gasteiger partial charge in [-0.05, 0) is 37.8 Å². The summed E-state index contributed by atoms with van der Waals surface area (Å²) in [7, 11) is 0.645. The Balaban J connectivity index is 1.38. The van der Waals surface area contributed by atoms with E-state index in [0.29, 0.717) is 23.9 Å². The SMILES string of the molecule is Cn1cc2c(Cl)c(-c3c[nH]c4nc(N5[C@@H]6CC[C@H]5C[C@@H](NC(=O)O)C6)c(COCC[Si](C)(C)C)nc34)ccc2n1. The van der Waals surface area contributed by atoms with Gasteiger partial charge in [-0.15, -0.1) is 0 Å². The predicted molar refractivity (Wildman–Crippen MR) is 160 cm³/mol. The van der Waals surface area contributed by atoms with Crippen LogP contribution in [-0.2, 0) is 18.4 Å². The maximum atomic E-state index is 11.3. The molecule has 3 N–H and O–H groups in total. The Bertz CT molecular complexity index is 1570. The molecule has 2 aliphatic rings. The number of aryl methyl sites for hydroxylation is 1. The highest BCUT2D eigenvalue weighted by Crippen LogP contribution is 2.42. The summed E-state index contributed by atoms with van der Waals surface area (Å²) in [5.74, 6) is 0.837. The van der Waals surface area contributed by atoms with E-state index in [1.807, 2.05) is 31.6 Å². The van der Waals surface area contributed by atoms with Crippen molar-refractivity contribution in [3.05, 3.63) is 35.2 Å². The number of hydrogen-bond acceptors (Lipinski definition) is 6. The third-order valence-electron chi connectivity index (χ3n) is 8.12. The second kappa shape index (κ2) is 10.4. The number of piperidine rings is 1.